The van der Waals surface area contributed by atoms with Crippen molar-refractivity contribution >= 4 is 23.5 Å². The molecule has 3 rings (SSSR count). The van der Waals surface area contributed by atoms with Crippen LogP contribution >= 0.6 is 23.5 Å². The third kappa shape index (κ3) is 2.67. The molecule has 0 spiro atoms. The van der Waals surface area contributed by atoms with Crippen molar-refractivity contribution in [1.82, 2.24) is 15.5 Å². The van der Waals surface area contributed by atoms with Gasteiger partial charge in [-0.25, -0.2) is 0 Å². The minimum atomic E-state index is -0.114. The molecule has 19 heavy (non-hydrogen) atoms. The van der Waals surface area contributed by atoms with Gasteiger partial charge in [-0.15, -0.1) is 11.8 Å². The lowest BCUT2D eigenvalue weighted by atomic mass is 10.0. The van der Waals surface area contributed by atoms with Gasteiger partial charge in [0.05, 0.1) is 10.8 Å². The van der Waals surface area contributed by atoms with Gasteiger partial charge in [0.15, 0.2) is 5.82 Å². The fraction of sp³-hybridized carbons (Fsp3) is 0.846. The zero-order chi connectivity index (χ0) is 13.5. The van der Waals surface area contributed by atoms with E-state index in [1.54, 1.807) is 0 Å². The summed E-state index contributed by atoms with van der Waals surface area (Å²) in [6.07, 6.45) is 2.26. The Morgan fingerprint density at radius 1 is 1.37 bits per heavy atom. The van der Waals surface area contributed by atoms with Gasteiger partial charge in [0.2, 0.25) is 5.89 Å². The summed E-state index contributed by atoms with van der Waals surface area (Å²) in [6, 6.07) is 0. The fourth-order valence-electron chi connectivity index (χ4n) is 2.59. The van der Waals surface area contributed by atoms with Gasteiger partial charge in [0, 0.05) is 16.3 Å². The van der Waals surface area contributed by atoms with Gasteiger partial charge < -0.3 is 9.84 Å². The monoisotopic (exact) mass is 299 g/mol. The van der Waals surface area contributed by atoms with Gasteiger partial charge in [-0.05, 0) is 26.3 Å². The Morgan fingerprint density at radius 3 is 2.89 bits per heavy atom. The molecule has 0 bridgehead atoms. The van der Waals surface area contributed by atoms with Crippen LogP contribution in [0.5, 0.6) is 0 Å². The second-order valence-corrected chi connectivity index (χ2v) is 8.68. The van der Waals surface area contributed by atoms with Crippen LogP contribution in [0, 0.1) is 0 Å². The molecule has 2 aliphatic heterocycles. The van der Waals surface area contributed by atoms with Crippen LogP contribution in [0.4, 0.5) is 0 Å². The molecule has 4 atom stereocenters. The third-order valence-corrected chi connectivity index (χ3v) is 7.51. The van der Waals surface area contributed by atoms with Crippen molar-refractivity contribution in [3.63, 3.8) is 0 Å². The summed E-state index contributed by atoms with van der Waals surface area (Å²) in [5, 5.41) is 9.43. The molecule has 0 radical (unpaired) electrons. The number of hydrogen-bond donors (Lipinski definition) is 1. The van der Waals surface area contributed by atoms with Gasteiger partial charge in [-0.3, -0.25) is 0 Å². The number of hydrogen-bond acceptors (Lipinski definition) is 6. The summed E-state index contributed by atoms with van der Waals surface area (Å²) >= 11 is 3.99. The maximum atomic E-state index is 5.52. The summed E-state index contributed by atoms with van der Waals surface area (Å²) in [6.45, 7) is 7.78. The van der Waals surface area contributed by atoms with Crippen molar-refractivity contribution in [3.8, 4) is 0 Å². The lowest BCUT2D eigenvalue weighted by Crippen LogP contribution is -2.33. The van der Waals surface area contributed by atoms with Crippen LogP contribution in [0.2, 0.25) is 0 Å². The Bertz CT molecular complexity index is 445. The van der Waals surface area contributed by atoms with Crippen LogP contribution in [0.3, 0.4) is 0 Å². The highest BCUT2D eigenvalue weighted by atomic mass is 32.2. The Kier molecular flexibility index (Phi) is 3.84. The quantitative estimate of drug-likeness (QED) is 0.906. The second-order valence-electron chi connectivity index (χ2n) is 5.69. The van der Waals surface area contributed by atoms with Crippen molar-refractivity contribution in [1.29, 1.82) is 0 Å². The number of thioether (sulfide) groups is 2. The maximum Gasteiger partial charge on any atom is 0.246 e. The van der Waals surface area contributed by atoms with Gasteiger partial charge >= 0.3 is 0 Å². The van der Waals surface area contributed by atoms with Gasteiger partial charge in [-0.2, -0.15) is 16.7 Å². The van der Waals surface area contributed by atoms with Crippen molar-refractivity contribution in [2.45, 2.75) is 54.9 Å². The predicted molar refractivity (Wildman–Crippen MR) is 80.6 cm³/mol. The molecule has 3 heterocycles. The van der Waals surface area contributed by atoms with Crippen molar-refractivity contribution < 1.29 is 4.52 Å². The zero-order valence-corrected chi connectivity index (χ0v) is 13.3. The van der Waals surface area contributed by atoms with E-state index in [1.807, 2.05) is 23.5 Å². The molecule has 0 aliphatic carbocycles. The molecule has 106 valence electrons. The average Bonchev–Trinajstić information content (AvgIpc) is 3.02. The summed E-state index contributed by atoms with van der Waals surface area (Å²) in [5.74, 6) is 2.72. The molecule has 4 nitrogen and oxygen atoms in total. The molecule has 0 aromatic carbocycles. The van der Waals surface area contributed by atoms with E-state index >= 15 is 0 Å². The number of aromatic nitrogens is 2. The SMILES string of the molecule is CC1SCC(c2noc(C3(C)CCCN3)n2)SC1C. The van der Waals surface area contributed by atoms with E-state index in [-0.39, 0.29) is 5.54 Å². The van der Waals surface area contributed by atoms with E-state index < -0.39 is 0 Å². The molecule has 6 heteroatoms. The first-order valence-corrected chi connectivity index (χ1v) is 8.94. The first-order valence-electron chi connectivity index (χ1n) is 6.95. The van der Waals surface area contributed by atoms with Crippen molar-refractivity contribution in [2.75, 3.05) is 12.3 Å². The van der Waals surface area contributed by atoms with Crippen LogP contribution in [0.1, 0.15) is 50.6 Å². The summed E-state index contributed by atoms with van der Waals surface area (Å²) in [7, 11) is 0. The highest BCUT2D eigenvalue weighted by Gasteiger charge is 2.37. The van der Waals surface area contributed by atoms with Crippen LogP contribution in [0.25, 0.3) is 0 Å². The molecule has 2 aliphatic rings. The van der Waals surface area contributed by atoms with E-state index in [9.17, 15) is 0 Å². The van der Waals surface area contributed by atoms with E-state index in [2.05, 4.69) is 36.2 Å². The van der Waals surface area contributed by atoms with Crippen LogP contribution in [-0.2, 0) is 5.54 Å². The minimum absolute atomic E-state index is 0.114. The first kappa shape index (κ1) is 13.8. The first-order chi connectivity index (χ1) is 9.08. The summed E-state index contributed by atoms with van der Waals surface area (Å²) in [5.41, 5.74) is -0.114. The van der Waals surface area contributed by atoms with E-state index in [0.29, 0.717) is 15.7 Å². The predicted octanol–water partition coefficient (Wildman–Crippen LogP) is 2.97. The maximum absolute atomic E-state index is 5.52. The van der Waals surface area contributed by atoms with Crippen LogP contribution in [-0.4, -0.2) is 32.9 Å². The zero-order valence-electron chi connectivity index (χ0n) is 11.7. The fourth-order valence-corrected chi connectivity index (χ4v) is 5.42. The normalized spacial score (nSPS) is 39.6. The molecule has 4 unspecified atom stereocenters. The molecule has 1 N–H and O–H groups in total. The highest BCUT2D eigenvalue weighted by Crippen LogP contribution is 2.43. The van der Waals surface area contributed by atoms with E-state index in [0.717, 1.165) is 30.4 Å². The van der Waals surface area contributed by atoms with E-state index in [4.69, 9.17) is 4.52 Å². The Morgan fingerprint density at radius 2 is 2.21 bits per heavy atom. The van der Waals surface area contributed by atoms with Crippen molar-refractivity contribution in [3.05, 3.63) is 11.7 Å². The standard InChI is InChI=1S/C13H21N3OS2/c1-8-9(2)19-10(7-18-8)11-15-12(17-16-11)13(3)5-4-6-14-13/h8-10,14H,4-7H2,1-3H3. The number of nitrogens with zero attached hydrogens (tertiary/aromatic N) is 2. The number of rotatable bonds is 2. The topological polar surface area (TPSA) is 51.0 Å². The van der Waals surface area contributed by atoms with Gasteiger partial charge in [-0.1, -0.05) is 19.0 Å². The largest absolute Gasteiger partial charge is 0.337 e. The van der Waals surface area contributed by atoms with Gasteiger partial charge in [0.25, 0.3) is 0 Å². The molecule has 2 fully saturated rings. The molecule has 0 saturated carbocycles. The smallest absolute Gasteiger partial charge is 0.246 e. The lowest BCUT2D eigenvalue weighted by Gasteiger charge is -2.29. The Hall–Kier alpha value is -0.200. The van der Waals surface area contributed by atoms with E-state index in [1.165, 1.54) is 6.42 Å². The number of nitrogens with one attached hydrogen (secondary N) is 1. The molecular weight excluding hydrogens is 278 g/mol. The molecule has 2 saturated heterocycles. The molecule has 1 aromatic rings. The minimum Gasteiger partial charge on any atom is -0.337 e. The second kappa shape index (κ2) is 5.30. The third-order valence-electron chi connectivity index (χ3n) is 4.12. The van der Waals surface area contributed by atoms with Gasteiger partial charge in [0.1, 0.15) is 0 Å². The Balaban J connectivity index is 1.74. The van der Waals surface area contributed by atoms with Crippen LogP contribution in [0.15, 0.2) is 4.52 Å². The summed E-state index contributed by atoms with van der Waals surface area (Å²) in [4.78, 5) is 4.67. The van der Waals surface area contributed by atoms with Crippen LogP contribution < -0.4 is 5.32 Å². The Labute approximate surface area is 122 Å². The molecule has 0 amide bonds. The average molecular weight is 299 g/mol. The molecule has 1 aromatic heterocycles. The van der Waals surface area contributed by atoms with Crippen molar-refractivity contribution in [2.24, 2.45) is 0 Å². The summed E-state index contributed by atoms with van der Waals surface area (Å²) < 4.78 is 5.52. The lowest BCUT2D eigenvalue weighted by molar-refractivity contribution is 0.274. The highest BCUT2D eigenvalue weighted by molar-refractivity contribution is 8.07. The molecular formula is C13H21N3OS2.